The number of para-hydroxylation sites is 1. The molecule has 1 amide bonds. The van der Waals surface area contributed by atoms with E-state index in [1.165, 1.54) is 4.31 Å². The SMILES string of the molecule is CCN(CC)S(=O)(=O)c1ccc([C@@H](C)N[C@H](C)C(=O)N(C)c2ccccc2)cc1. The molecule has 0 saturated carbocycles. The fraction of sp³-hybridized carbons (Fsp3) is 0.409. The van der Waals surface area contributed by atoms with Crippen LogP contribution >= 0.6 is 0 Å². The van der Waals surface area contributed by atoms with Gasteiger partial charge in [0.1, 0.15) is 0 Å². The van der Waals surface area contributed by atoms with E-state index in [0.717, 1.165) is 11.3 Å². The second-order valence-electron chi connectivity index (χ2n) is 7.00. The van der Waals surface area contributed by atoms with Gasteiger partial charge in [-0.1, -0.05) is 44.2 Å². The van der Waals surface area contributed by atoms with E-state index in [1.807, 2.05) is 58.0 Å². The first-order valence-electron chi connectivity index (χ1n) is 9.91. The summed E-state index contributed by atoms with van der Waals surface area (Å²) in [5.74, 6) is -0.0382. The van der Waals surface area contributed by atoms with Crippen molar-refractivity contribution in [1.29, 1.82) is 0 Å². The lowest BCUT2D eigenvalue weighted by Crippen LogP contribution is -2.44. The zero-order chi connectivity index (χ0) is 21.6. The zero-order valence-electron chi connectivity index (χ0n) is 17.8. The Hall–Kier alpha value is -2.22. The first kappa shape index (κ1) is 23.1. The molecule has 7 heteroatoms. The molecule has 2 atom stereocenters. The summed E-state index contributed by atoms with van der Waals surface area (Å²) in [5, 5.41) is 3.30. The summed E-state index contributed by atoms with van der Waals surface area (Å²) < 4.78 is 26.7. The Kier molecular flexibility index (Phi) is 7.96. The summed E-state index contributed by atoms with van der Waals surface area (Å²) in [7, 11) is -1.71. The van der Waals surface area contributed by atoms with Gasteiger partial charge in [-0.2, -0.15) is 4.31 Å². The minimum Gasteiger partial charge on any atom is -0.314 e. The molecule has 0 radical (unpaired) electrons. The average molecular weight is 418 g/mol. The molecule has 0 heterocycles. The molecular weight excluding hydrogens is 386 g/mol. The second kappa shape index (κ2) is 10.0. The van der Waals surface area contributed by atoms with Crippen molar-refractivity contribution >= 4 is 21.6 Å². The van der Waals surface area contributed by atoms with Gasteiger partial charge in [-0.05, 0) is 43.7 Å². The van der Waals surface area contributed by atoms with Crippen LogP contribution in [0.25, 0.3) is 0 Å². The molecule has 6 nitrogen and oxygen atoms in total. The fourth-order valence-corrected chi connectivity index (χ4v) is 4.71. The molecule has 2 aromatic carbocycles. The van der Waals surface area contributed by atoms with Crippen LogP contribution in [0.1, 0.15) is 39.3 Å². The molecule has 0 unspecified atom stereocenters. The predicted molar refractivity (Wildman–Crippen MR) is 117 cm³/mol. The third kappa shape index (κ3) is 5.44. The lowest BCUT2D eigenvalue weighted by atomic mass is 10.1. The summed E-state index contributed by atoms with van der Waals surface area (Å²) >= 11 is 0. The third-order valence-corrected chi connectivity index (χ3v) is 7.13. The second-order valence-corrected chi connectivity index (χ2v) is 8.94. The number of anilines is 1. The Morgan fingerprint density at radius 3 is 2.03 bits per heavy atom. The molecular formula is C22H31N3O3S. The van der Waals surface area contributed by atoms with Gasteiger partial charge in [-0.25, -0.2) is 8.42 Å². The summed E-state index contributed by atoms with van der Waals surface area (Å²) in [6.07, 6.45) is 0. The van der Waals surface area contributed by atoms with Crippen LogP contribution in [0, 0.1) is 0 Å². The largest absolute Gasteiger partial charge is 0.314 e. The van der Waals surface area contributed by atoms with Crippen LogP contribution in [-0.2, 0) is 14.8 Å². The maximum Gasteiger partial charge on any atom is 0.243 e. The number of benzene rings is 2. The highest BCUT2D eigenvalue weighted by Crippen LogP contribution is 2.20. The lowest BCUT2D eigenvalue weighted by Gasteiger charge is -2.25. The quantitative estimate of drug-likeness (QED) is 0.679. The van der Waals surface area contributed by atoms with E-state index >= 15 is 0 Å². The monoisotopic (exact) mass is 417 g/mol. The molecule has 0 spiro atoms. The minimum absolute atomic E-state index is 0.0382. The molecule has 0 fully saturated rings. The average Bonchev–Trinajstić information content (AvgIpc) is 2.74. The summed E-state index contributed by atoms with van der Waals surface area (Å²) in [4.78, 5) is 14.6. The molecule has 2 aromatic rings. The number of amides is 1. The van der Waals surface area contributed by atoms with Gasteiger partial charge in [-0.15, -0.1) is 0 Å². The van der Waals surface area contributed by atoms with Crippen LogP contribution in [0.2, 0.25) is 0 Å². The van der Waals surface area contributed by atoms with E-state index in [4.69, 9.17) is 0 Å². The molecule has 1 N–H and O–H groups in total. The minimum atomic E-state index is -3.47. The van der Waals surface area contributed by atoms with Crippen LogP contribution < -0.4 is 10.2 Å². The van der Waals surface area contributed by atoms with Gasteiger partial charge in [-0.3, -0.25) is 10.1 Å². The molecule has 0 saturated heterocycles. The van der Waals surface area contributed by atoms with E-state index in [-0.39, 0.29) is 16.8 Å². The summed E-state index contributed by atoms with van der Waals surface area (Å²) in [6, 6.07) is 15.8. The van der Waals surface area contributed by atoms with Crippen molar-refractivity contribution in [2.75, 3.05) is 25.0 Å². The van der Waals surface area contributed by atoms with Crippen molar-refractivity contribution in [1.82, 2.24) is 9.62 Å². The lowest BCUT2D eigenvalue weighted by molar-refractivity contribution is -0.120. The Morgan fingerprint density at radius 1 is 0.966 bits per heavy atom. The highest BCUT2D eigenvalue weighted by atomic mass is 32.2. The summed E-state index contributed by atoms with van der Waals surface area (Å²) in [6.45, 7) is 8.32. The van der Waals surface area contributed by atoms with Crippen molar-refractivity contribution in [2.45, 2.75) is 44.7 Å². The van der Waals surface area contributed by atoms with Gasteiger partial charge in [0.2, 0.25) is 15.9 Å². The van der Waals surface area contributed by atoms with Crippen LogP contribution in [0.3, 0.4) is 0 Å². The van der Waals surface area contributed by atoms with Crippen LogP contribution in [-0.4, -0.2) is 44.8 Å². The maximum atomic E-state index is 12.7. The first-order chi connectivity index (χ1) is 13.7. The van der Waals surface area contributed by atoms with Crippen molar-refractivity contribution in [3.05, 3.63) is 60.2 Å². The molecule has 158 valence electrons. The number of carbonyl (C=O) groups is 1. The Morgan fingerprint density at radius 2 is 1.52 bits per heavy atom. The van der Waals surface area contributed by atoms with Crippen molar-refractivity contribution in [3.8, 4) is 0 Å². The number of nitrogens with zero attached hydrogens (tertiary/aromatic N) is 2. The van der Waals surface area contributed by atoms with Crippen LogP contribution in [0.4, 0.5) is 5.69 Å². The van der Waals surface area contributed by atoms with Crippen LogP contribution in [0.15, 0.2) is 59.5 Å². The highest BCUT2D eigenvalue weighted by Gasteiger charge is 2.23. The normalized spacial score (nSPS) is 13.9. The number of hydrogen-bond donors (Lipinski definition) is 1. The van der Waals surface area contributed by atoms with Crippen LogP contribution in [0.5, 0.6) is 0 Å². The molecule has 0 bridgehead atoms. The van der Waals surface area contributed by atoms with Crippen molar-refractivity contribution in [2.24, 2.45) is 0 Å². The molecule has 2 rings (SSSR count). The fourth-order valence-electron chi connectivity index (χ4n) is 3.25. The van der Waals surface area contributed by atoms with Gasteiger partial charge in [0, 0.05) is 31.9 Å². The molecule has 0 aliphatic carbocycles. The van der Waals surface area contributed by atoms with Gasteiger partial charge >= 0.3 is 0 Å². The van der Waals surface area contributed by atoms with E-state index in [9.17, 15) is 13.2 Å². The van der Waals surface area contributed by atoms with E-state index < -0.39 is 16.1 Å². The van der Waals surface area contributed by atoms with E-state index in [2.05, 4.69) is 5.32 Å². The number of rotatable bonds is 9. The van der Waals surface area contributed by atoms with Gasteiger partial charge in [0.25, 0.3) is 0 Å². The summed E-state index contributed by atoms with van der Waals surface area (Å²) in [5.41, 5.74) is 1.76. The topological polar surface area (TPSA) is 69.7 Å². The molecule has 0 aromatic heterocycles. The third-order valence-electron chi connectivity index (χ3n) is 5.07. The van der Waals surface area contributed by atoms with Gasteiger partial charge in [0.05, 0.1) is 10.9 Å². The standard InChI is InChI=1S/C22H31N3O3S/c1-6-25(7-2)29(27,28)21-15-13-19(14-16-21)17(3)23-18(4)22(26)24(5)20-11-9-8-10-12-20/h8-18,23H,6-7H2,1-5H3/t17-,18-/m1/s1. The smallest absolute Gasteiger partial charge is 0.243 e. The molecule has 29 heavy (non-hydrogen) atoms. The Balaban J connectivity index is 2.07. The predicted octanol–water partition coefficient (Wildman–Crippen LogP) is 3.42. The highest BCUT2D eigenvalue weighted by molar-refractivity contribution is 7.89. The Labute approximate surface area is 174 Å². The number of nitrogens with one attached hydrogen (secondary N) is 1. The van der Waals surface area contributed by atoms with Crippen molar-refractivity contribution in [3.63, 3.8) is 0 Å². The van der Waals surface area contributed by atoms with E-state index in [1.54, 1.807) is 36.2 Å². The zero-order valence-corrected chi connectivity index (χ0v) is 18.6. The first-order valence-corrected chi connectivity index (χ1v) is 11.3. The molecule has 0 aliphatic heterocycles. The number of hydrogen-bond acceptors (Lipinski definition) is 4. The number of sulfonamides is 1. The van der Waals surface area contributed by atoms with Gasteiger partial charge in [0.15, 0.2) is 0 Å². The number of carbonyl (C=O) groups excluding carboxylic acids is 1. The molecule has 0 aliphatic rings. The Bertz CT molecular complexity index is 895. The van der Waals surface area contributed by atoms with Crippen molar-refractivity contribution < 1.29 is 13.2 Å². The maximum absolute atomic E-state index is 12.7. The van der Waals surface area contributed by atoms with Gasteiger partial charge < -0.3 is 4.90 Å². The van der Waals surface area contributed by atoms with E-state index in [0.29, 0.717) is 13.1 Å². The number of likely N-dealkylation sites (N-methyl/N-ethyl adjacent to an activating group) is 1.